The first kappa shape index (κ1) is 9.26. The van der Waals surface area contributed by atoms with Crippen LogP contribution in [0.3, 0.4) is 0 Å². The third-order valence-corrected chi connectivity index (χ3v) is 2.42. The number of aromatic nitrogens is 4. The third-order valence-electron chi connectivity index (χ3n) is 2.03. The Kier molecular flexibility index (Phi) is 2.07. The topological polar surface area (TPSA) is 61.7 Å². The molecule has 14 heavy (non-hydrogen) atoms. The summed E-state index contributed by atoms with van der Waals surface area (Å²) in [7, 11) is 3.68. The lowest BCUT2D eigenvalue weighted by Crippen LogP contribution is -1.97. The Morgan fingerprint density at radius 2 is 1.93 bits per heavy atom. The Labute approximate surface area is 89.6 Å². The summed E-state index contributed by atoms with van der Waals surface area (Å²) in [6.07, 6.45) is 0. The van der Waals surface area contributed by atoms with Crippen molar-refractivity contribution in [3.05, 3.63) is 16.7 Å². The Balaban J connectivity index is 2.54. The largest absolute Gasteiger partial charge is 0.384 e. The van der Waals surface area contributed by atoms with Gasteiger partial charge in [-0.3, -0.25) is 9.36 Å². The normalized spacial score (nSPS) is 10.8. The number of rotatable bonds is 1. The van der Waals surface area contributed by atoms with Gasteiger partial charge < -0.3 is 5.73 Å². The summed E-state index contributed by atoms with van der Waals surface area (Å²) in [4.78, 5) is 0. The van der Waals surface area contributed by atoms with E-state index in [4.69, 9.17) is 5.73 Å². The Morgan fingerprint density at radius 3 is 2.36 bits per heavy atom. The molecule has 0 aliphatic heterocycles. The Bertz CT molecular complexity index is 451. The Hall–Kier alpha value is -1.30. The van der Waals surface area contributed by atoms with Gasteiger partial charge in [-0.15, -0.1) is 0 Å². The van der Waals surface area contributed by atoms with E-state index in [-0.39, 0.29) is 0 Å². The SMILES string of the molecule is Cn1nc(-c2cc(Br)nn2C)cc1N. The molecule has 0 amide bonds. The zero-order valence-electron chi connectivity index (χ0n) is 7.90. The van der Waals surface area contributed by atoms with Crippen molar-refractivity contribution in [1.29, 1.82) is 0 Å². The van der Waals surface area contributed by atoms with Crippen LogP contribution in [0.1, 0.15) is 0 Å². The van der Waals surface area contributed by atoms with Gasteiger partial charge in [0, 0.05) is 26.2 Å². The standard InChI is InChI=1S/C8H10BrN5/c1-13-6(4-7(9)12-13)5-3-8(10)14(2)11-5/h3-4H,10H2,1-2H3. The average Bonchev–Trinajstić information content (AvgIpc) is 2.57. The summed E-state index contributed by atoms with van der Waals surface area (Å²) in [6.45, 7) is 0. The molecule has 0 saturated heterocycles. The van der Waals surface area contributed by atoms with Crippen LogP contribution in [0.15, 0.2) is 16.7 Å². The molecule has 0 spiro atoms. The second-order valence-electron chi connectivity index (χ2n) is 3.05. The van der Waals surface area contributed by atoms with Crippen LogP contribution in [-0.4, -0.2) is 19.6 Å². The predicted molar refractivity (Wildman–Crippen MR) is 57.5 cm³/mol. The molecule has 74 valence electrons. The summed E-state index contributed by atoms with van der Waals surface area (Å²) < 4.78 is 4.18. The van der Waals surface area contributed by atoms with Crippen molar-refractivity contribution in [1.82, 2.24) is 19.6 Å². The van der Waals surface area contributed by atoms with Gasteiger partial charge in [-0.05, 0) is 15.9 Å². The van der Waals surface area contributed by atoms with E-state index < -0.39 is 0 Å². The number of nitrogen functional groups attached to an aromatic ring is 1. The fourth-order valence-electron chi connectivity index (χ4n) is 1.28. The molecule has 2 rings (SSSR count). The van der Waals surface area contributed by atoms with Gasteiger partial charge in [0.05, 0.1) is 5.69 Å². The highest BCUT2D eigenvalue weighted by molar-refractivity contribution is 9.10. The maximum atomic E-state index is 5.69. The van der Waals surface area contributed by atoms with Gasteiger partial charge in [0.15, 0.2) is 0 Å². The number of halogens is 1. The number of hydrogen-bond donors (Lipinski definition) is 1. The molecule has 0 fully saturated rings. The molecule has 0 unspecified atom stereocenters. The molecule has 0 aliphatic carbocycles. The van der Waals surface area contributed by atoms with E-state index in [0.717, 1.165) is 16.0 Å². The number of anilines is 1. The maximum Gasteiger partial charge on any atom is 0.128 e. The average molecular weight is 256 g/mol. The molecule has 0 aromatic carbocycles. The van der Waals surface area contributed by atoms with E-state index in [1.54, 1.807) is 9.36 Å². The molecule has 6 heteroatoms. The highest BCUT2D eigenvalue weighted by Gasteiger charge is 2.10. The molecular weight excluding hydrogens is 246 g/mol. The van der Waals surface area contributed by atoms with Crippen molar-refractivity contribution in [3.8, 4) is 11.4 Å². The predicted octanol–water partition coefficient (Wildman–Crippen LogP) is 1.17. The quantitative estimate of drug-likeness (QED) is 0.832. The minimum absolute atomic E-state index is 0.636. The first-order chi connectivity index (χ1) is 6.58. The summed E-state index contributed by atoms with van der Waals surface area (Å²) in [6, 6.07) is 3.73. The number of hydrogen-bond acceptors (Lipinski definition) is 3. The molecule has 5 nitrogen and oxygen atoms in total. The van der Waals surface area contributed by atoms with Gasteiger partial charge in [0.1, 0.15) is 16.1 Å². The lowest BCUT2D eigenvalue weighted by atomic mass is 10.3. The van der Waals surface area contributed by atoms with E-state index in [2.05, 4.69) is 26.1 Å². The van der Waals surface area contributed by atoms with E-state index in [1.165, 1.54) is 0 Å². The van der Waals surface area contributed by atoms with E-state index in [1.807, 2.05) is 26.2 Å². The van der Waals surface area contributed by atoms with Crippen LogP contribution >= 0.6 is 15.9 Å². The molecule has 0 saturated carbocycles. The molecule has 0 radical (unpaired) electrons. The number of nitrogens with two attached hydrogens (primary N) is 1. The van der Waals surface area contributed by atoms with Crippen molar-refractivity contribution >= 4 is 21.7 Å². The second kappa shape index (κ2) is 3.13. The fraction of sp³-hybridized carbons (Fsp3) is 0.250. The summed E-state index contributed by atoms with van der Waals surface area (Å²) in [5, 5.41) is 8.43. The van der Waals surface area contributed by atoms with Crippen molar-refractivity contribution < 1.29 is 0 Å². The lowest BCUT2D eigenvalue weighted by molar-refractivity contribution is 0.750. The first-order valence-corrected chi connectivity index (χ1v) is 4.86. The zero-order chi connectivity index (χ0) is 10.3. The van der Waals surface area contributed by atoms with Gasteiger partial charge in [-0.1, -0.05) is 0 Å². The highest BCUT2D eigenvalue weighted by Crippen LogP contribution is 2.22. The van der Waals surface area contributed by atoms with Gasteiger partial charge in [-0.25, -0.2) is 0 Å². The fourth-order valence-corrected chi connectivity index (χ4v) is 1.73. The zero-order valence-corrected chi connectivity index (χ0v) is 9.48. The molecule has 2 heterocycles. The minimum Gasteiger partial charge on any atom is -0.384 e. The molecule has 2 aromatic heterocycles. The van der Waals surface area contributed by atoms with Gasteiger partial charge in [0.25, 0.3) is 0 Å². The smallest absolute Gasteiger partial charge is 0.128 e. The first-order valence-electron chi connectivity index (χ1n) is 4.07. The lowest BCUT2D eigenvalue weighted by Gasteiger charge is -1.95. The molecule has 0 bridgehead atoms. The van der Waals surface area contributed by atoms with Crippen molar-refractivity contribution in [2.75, 3.05) is 5.73 Å². The van der Waals surface area contributed by atoms with Gasteiger partial charge >= 0.3 is 0 Å². The van der Waals surface area contributed by atoms with Crippen LogP contribution in [0.2, 0.25) is 0 Å². The number of nitrogens with zero attached hydrogens (tertiary/aromatic N) is 4. The minimum atomic E-state index is 0.636. The van der Waals surface area contributed by atoms with E-state index in [0.29, 0.717) is 5.82 Å². The number of aryl methyl sites for hydroxylation is 2. The third kappa shape index (κ3) is 1.41. The van der Waals surface area contributed by atoms with E-state index in [9.17, 15) is 0 Å². The van der Waals surface area contributed by atoms with Crippen LogP contribution in [0.4, 0.5) is 5.82 Å². The maximum absolute atomic E-state index is 5.69. The molecule has 2 aromatic rings. The van der Waals surface area contributed by atoms with Crippen molar-refractivity contribution in [3.63, 3.8) is 0 Å². The van der Waals surface area contributed by atoms with Crippen molar-refractivity contribution in [2.24, 2.45) is 14.1 Å². The molecule has 2 N–H and O–H groups in total. The summed E-state index contributed by atoms with van der Waals surface area (Å²) >= 11 is 3.31. The molecular formula is C8H10BrN5. The van der Waals surface area contributed by atoms with Crippen LogP contribution in [0, 0.1) is 0 Å². The van der Waals surface area contributed by atoms with Gasteiger partial charge in [-0.2, -0.15) is 10.2 Å². The van der Waals surface area contributed by atoms with Crippen LogP contribution < -0.4 is 5.73 Å². The van der Waals surface area contributed by atoms with Crippen LogP contribution in [-0.2, 0) is 14.1 Å². The summed E-state index contributed by atoms with van der Waals surface area (Å²) in [5.41, 5.74) is 7.45. The highest BCUT2D eigenvalue weighted by atomic mass is 79.9. The summed E-state index contributed by atoms with van der Waals surface area (Å²) in [5.74, 6) is 0.636. The van der Waals surface area contributed by atoms with Crippen LogP contribution in [0.25, 0.3) is 11.4 Å². The monoisotopic (exact) mass is 255 g/mol. The van der Waals surface area contributed by atoms with E-state index >= 15 is 0 Å². The van der Waals surface area contributed by atoms with Gasteiger partial charge in [0.2, 0.25) is 0 Å². The van der Waals surface area contributed by atoms with Crippen LogP contribution in [0.5, 0.6) is 0 Å². The van der Waals surface area contributed by atoms with Crippen molar-refractivity contribution in [2.45, 2.75) is 0 Å². The molecule has 0 aliphatic rings. The Morgan fingerprint density at radius 1 is 1.21 bits per heavy atom. The molecule has 0 atom stereocenters. The second-order valence-corrected chi connectivity index (χ2v) is 3.87.